The predicted molar refractivity (Wildman–Crippen MR) is 58.7 cm³/mol. The molecular formula is C12H16F8. The number of rotatable bonds is 9. The van der Waals surface area contributed by atoms with E-state index in [-0.39, 0.29) is 12.8 Å². The first-order chi connectivity index (χ1) is 8.87. The Hall–Kier alpha value is -0.820. The molecule has 0 aliphatic carbocycles. The molecule has 0 saturated heterocycles. The Morgan fingerprint density at radius 2 is 1.25 bits per heavy atom. The molecule has 0 radical (unpaired) electrons. The standard InChI is InChI=1S/C12H16F8/c1-3-5-6-7-8-10(15,16)12(19,20)11(17,18)9(13,14)4-2/h3H,1,4-8H2,2H3. The van der Waals surface area contributed by atoms with Crippen LogP contribution in [0.5, 0.6) is 0 Å². The van der Waals surface area contributed by atoms with E-state index in [2.05, 4.69) is 6.58 Å². The Morgan fingerprint density at radius 3 is 1.65 bits per heavy atom. The highest BCUT2D eigenvalue weighted by Crippen LogP contribution is 2.54. The second-order valence-electron chi connectivity index (χ2n) is 4.45. The van der Waals surface area contributed by atoms with Gasteiger partial charge in [-0.15, -0.1) is 6.58 Å². The van der Waals surface area contributed by atoms with E-state index >= 15 is 0 Å². The van der Waals surface area contributed by atoms with Crippen molar-refractivity contribution in [1.82, 2.24) is 0 Å². The summed E-state index contributed by atoms with van der Waals surface area (Å²) >= 11 is 0. The van der Waals surface area contributed by atoms with Crippen LogP contribution in [-0.4, -0.2) is 23.7 Å². The van der Waals surface area contributed by atoms with Crippen molar-refractivity contribution in [2.75, 3.05) is 0 Å². The minimum Gasteiger partial charge on any atom is -0.200 e. The summed E-state index contributed by atoms with van der Waals surface area (Å²) in [6.45, 7) is 3.79. The number of allylic oxidation sites excluding steroid dienone is 1. The summed E-state index contributed by atoms with van der Waals surface area (Å²) in [5.74, 6) is -22.7. The van der Waals surface area contributed by atoms with Crippen molar-refractivity contribution in [2.45, 2.75) is 62.7 Å². The quantitative estimate of drug-likeness (QED) is 0.292. The molecule has 0 aromatic heterocycles. The molecule has 0 aromatic rings. The lowest BCUT2D eigenvalue weighted by Gasteiger charge is -2.36. The van der Waals surface area contributed by atoms with Gasteiger partial charge in [0.05, 0.1) is 0 Å². The van der Waals surface area contributed by atoms with E-state index < -0.39 is 43.0 Å². The molecular weight excluding hydrogens is 296 g/mol. The maximum absolute atomic E-state index is 13.2. The van der Waals surface area contributed by atoms with Crippen LogP contribution < -0.4 is 0 Å². The zero-order valence-electron chi connectivity index (χ0n) is 10.8. The summed E-state index contributed by atoms with van der Waals surface area (Å²) in [6.07, 6.45) is -2.14. The molecule has 0 N–H and O–H groups in total. The van der Waals surface area contributed by atoms with Gasteiger partial charge in [-0.3, -0.25) is 0 Å². The van der Waals surface area contributed by atoms with Gasteiger partial charge in [-0.25, -0.2) is 0 Å². The molecule has 20 heavy (non-hydrogen) atoms. The number of halogens is 8. The smallest absolute Gasteiger partial charge is 0.200 e. The summed E-state index contributed by atoms with van der Waals surface area (Å²) in [6, 6.07) is 0. The fraction of sp³-hybridized carbons (Fsp3) is 0.833. The lowest BCUT2D eigenvalue weighted by molar-refractivity contribution is -0.367. The van der Waals surface area contributed by atoms with E-state index in [4.69, 9.17) is 0 Å². The minimum atomic E-state index is -6.12. The van der Waals surface area contributed by atoms with Crippen molar-refractivity contribution in [3.8, 4) is 0 Å². The van der Waals surface area contributed by atoms with E-state index in [9.17, 15) is 35.1 Å². The van der Waals surface area contributed by atoms with E-state index in [1.54, 1.807) is 0 Å². The highest BCUT2D eigenvalue weighted by molar-refractivity contribution is 5.03. The van der Waals surface area contributed by atoms with Gasteiger partial charge in [0.1, 0.15) is 0 Å². The van der Waals surface area contributed by atoms with Gasteiger partial charge in [-0.2, -0.15) is 35.1 Å². The molecule has 0 bridgehead atoms. The van der Waals surface area contributed by atoms with Crippen LogP contribution in [0.4, 0.5) is 35.1 Å². The largest absolute Gasteiger partial charge is 0.378 e. The van der Waals surface area contributed by atoms with Crippen LogP contribution in [0.1, 0.15) is 39.0 Å². The van der Waals surface area contributed by atoms with Gasteiger partial charge in [0.2, 0.25) is 0 Å². The summed E-state index contributed by atoms with van der Waals surface area (Å²) in [5, 5.41) is 0. The van der Waals surface area contributed by atoms with Crippen LogP contribution in [0.3, 0.4) is 0 Å². The van der Waals surface area contributed by atoms with Crippen molar-refractivity contribution in [3.63, 3.8) is 0 Å². The number of alkyl halides is 8. The molecule has 0 atom stereocenters. The maximum atomic E-state index is 13.2. The summed E-state index contributed by atoms with van der Waals surface area (Å²) in [7, 11) is 0. The highest BCUT2D eigenvalue weighted by atomic mass is 19.4. The SMILES string of the molecule is C=CCCCCC(F)(F)C(F)(F)C(F)(F)C(F)(F)CC. The number of hydrogen-bond donors (Lipinski definition) is 0. The second kappa shape index (κ2) is 6.30. The maximum Gasteiger partial charge on any atom is 0.378 e. The second-order valence-corrected chi connectivity index (χ2v) is 4.45. The molecule has 8 heteroatoms. The third kappa shape index (κ3) is 3.44. The zero-order chi connectivity index (χ0) is 16.2. The van der Waals surface area contributed by atoms with Gasteiger partial charge >= 0.3 is 23.7 Å². The molecule has 0 fully saturated rings. The molecule has 0 rings (SSSR count). The molecule has 0 aliphatic rings. The summed E-state index contributed by atoms with van der Waals surface area (Å²) < 4.78 is 105. The van der Waals surface area contributed by atoms with E-state index in [1.807, 2.05) is 0 Å². The van der Waals surface area contributed by atoms with Crippen molar-refractivity contribution in [2.24, 2.45) is 0 Å². The monoisotopic (exact) mass is 312 g/mol. The zero-order valence-corrected chi connectivity index (χ0v) is 10.8. The Balaban J connectivity index is 5.12. The van der Waals surface area contributed by atoms with Crippen molar-refractivity contribution in [3.05, 3.63) is 12.7 Å². The van der Waals surface area contributed by atoms with Gasteiger partial charge in [-0.1, -0.05) is 13.0 Å². The first kappa shape index (κ1) is 19.2. The third-order valence-electron chi connectivity index (χ3n) is 2.91. The average molecular weight is 312 g/mol. The molecule has 120 valence electrons. The van der Waals surface area contributed by atoms with Gasteiger partial charge in [0.15, 0.2) is 0 Å². The van der Waals surface area contributed by atoms with Gasteiger partial charge in [0.25, 0.3) is 0 Å². The lowest BCUT2D eigenvalue weighted by atomic mass is 9.94. The van der Waals surface area contributed by atoms with E-state index in [0.717, 1.165) is 0 Å². The van der Waals surface area contributed by atoms with Crippen molar-refractivity contribution >= 4 is 0 Å². The average Bonchev–Trinajstić information content (AvgIpc) is 2.34. The molecule has 0 heterocycles. The molecule has 0 unspecified atom stereocenters. The Bertz CT molecular complexity index is 321. The van der Waals surface area contributed by atoms with Crippen LogP contribution in [0.2, 0.25) is 0 Å². The third-order valence-corrected chi connectivity index (χ3v) is 2.91. The molecule has 0 spiro atoms. The Morgan fingerprint density at radius 1 is 0.800 bits per heavy atom. The summed E-state index contributed by atoms with van der Waals surface area (Å²) in [5.41, 5.74) is 0. The van der Waals surface area contributed by atoms with Crippen LogP contribution in [-0.2, 0) is 0 Å². The predicted octanol–water partition coefficient (Wildman–Crippen LogP) is 5.68. The van der Waals surface area contributed by atoms with Crippen molar-refractivity contribution in [1.29, 1.82) is 0 Å². The number of unbranched alkanes of at least 4 members (excludes halogenated alkanes) is 2. The molecule has 0 saturated carbocycles. The van der Waals surface area contributed by atoms with Crippen LogP contribution in [0.25, 0.3) is 0 Å². The van der Waals surface area contributed by atoms with Gasteiger partial charge in [-0.05, 0) is 19.3 Å². The topological polar surface area (TPSA) is 0 Å². The highest BCUT2D eigenvalue weighted by Gasteiger charge is 2.79. The molecule has 0 aliphatic heterocycles. The fourth-order valence-corrected chi connectivity index (χ4v) is 1.47. The van der Waals surface area contributed by atoms with E-state index in [0.29, 0.717) is 6.92 Å². The molecule has 0 aromatic carbocycles. The Kier molecular flexibility index (Phi) is 6.04. The normalized spacial score (nSPS) is 14.4. The minimum absolute atomic E-state index is 0.0327. The number of hydrogen-bond acceptors (Lipinski definition) is 0. The van der Waals surface area contributed by atoms with Gasteiger partial charge < -0.3 is 0 Å². The molecule has 0 nitrogen and oxygen atoms in total. The van der Waals surface area contributed by atoms with Crippen LogP contribution in [0.15, 0.2) is 12.7 Å². The molecule has 0 amide bonds. The Labute approximate surface area is 111 Å². The lowest BCUT2D eigenvalue weighted by Crippen LogP contribution is -2.61. The first-order valence-corrected chi connectivity index (χ1v) is 5.99. The van der Waals surface area contributed by atoms with E-state index in [1.165, 1.54) is 6.08 Å². The summed E-state index contributed by atoms with van der Waals surface area (Å²) in [4.78, 5) is 0. The van der Waals surface area contributed by atoms with Crippen molar-refractivity contribution < 1.29 is 35.1 Å². The van der Waals surface area contributed by atoms with Crippen LogP contribution in [0, 0.1) is 0 Å². The van der Waals surface area contributed by atoms with Crippen LogP contribution >= 0.6 is 0 Å². The fourth-order valence-electron chi connectivity index (χ4n) is 1.47. The van der Waals surface area contributed by atoms with Gasteiger partial charge in [0, 0.05) is 12.8 Å². The first-order valence-electron chi connectivity index (χ1n) is 5.99.